The number of rotatable bonds is 1. The van der Waals surface area contributed by atoms with E-state index in [0.717, 1.165) is 0 Å². The predicted molar refractivity (Wildman–Crippen MR) is 35.5 cm³/mol. The highest BCUT2D eigenvalue weighted by atomic mass is 17.3. The Labute approximate surface area is 65.3 Å². The van der Waals surface area contributed by atoms with Gasteiger partial charge in [0, 0.05) is 0 Å². The van der Waals surface area contributed by atoms with Gasteiger partial charge in [0.05, 0.1) is 0 Å². The second kappa shape index (κ2) is 1.95. The first-order valence-corrected chi connectivity index (χ1v) is 3.66. The molecule has 2 heterocycles. The maximum Gasteiger partial charge on any atom is 0.197 e. The van der Waals surface area contributed by atoms with Gasteiger partial charge in [0.15, 0.2) is 18.7 Å². The highest BCUT2D eigenvalue weighted by molar-refractivity contribution is 5.00. The average molecular weight is 160 g/mol. The summed E-state index contributed by atoms with van der Waals surface area (Å²) in [6, 6.07) is 0. The van der Waals surface area contributed by atoms with Crippen LogP contribution in [0.5, 0.6) is 0 Å². The zero-order valence-electron chi connectivity index (χ0n) is 6.92. The molecule has 1 unspecified atom stereocenters. The Kier molecular flexibility index (Phi) is 1.33. The van der Waals surface area contributed by atoms with Crippen LogP contribution in [0.3, 0.4) is 0 Å². The van der Waals surface area contributed by atoms with Crippen LogP contribution in [0, 0.1) is 0 Å². The van der Waals surface area contributed by atoms with Crippen LogP contribution in [0.4, 0.5) is 0 Å². The van der Waals surface area contributed by atoms with E-state index in [1.54, 1.807) is 0 Å². The fourth-order valence-corrected chi connectivity index (χ4v) is 1.12. The lowest BCUT2D eigenvalue weighted by molar-refractivity contribution is -0.588. The summed E-state index contributed by atoms with van der Waals surface area (Å²) in [5.41, 5.74) is -0.774. The molecule has 0 bridgehead atoms. The van der Waals surface area contributed by atoms with Crippen molar-refractivity contribution < 1.29 is 19.2 Å². The van der Waals surface area contributed by atoms with Gasteiger partial charge >= 0.3 is 0 Å². The van der Waals surface area contributed by atoms with E-state index in [-0.39, 0.29) is 11.9 Å². The van der Waals surface area contributed by atoms with Crippen molar-refractivity contribution in [2.45, 2.75) is 38.3 Å². The average Bonchev–Trinajstić information content (AvgIpc) is 1.81. The van der Waals surface area contributed by atoms with Crippen LogP contribution in [-0.4, -0.2) is 24.3 Å². The fourth-order valence-electron chi connectivity index (χ4n) is 1.12. The van der Waals surface area contributed by atoms with Gasteiger partial charge in [0.25, 0.3) is 0 Å². The fraction of sp³-hybridized carbons (Fsp3) is 1.00. The van der Waals surface area contributed by atoms with E-state index in [1.807, 2.05) is 20.8 Å². The van der Waals surface area contributed by atoms with Crippen molar-refractivity contribution in [3.05, 3.63) is 0 Å². The van der Waals surface area contributed by atoms with Crippen molar-refractivity contribution in [2.24, 2.45) is 0 Å². The van der Waals surface area contributed by atoms with Gasteiger partial charge in [0.2, 0.25) is 0 Å². The van der Waals surface area contributed by atoms with Crippen LogP contribution in [0.25, 0.3) is 0 Å². The van der Waals surface area contributed by atoms with Gasteiger partial charge in [-0.15, -0.1) is 0 Å². The molecule has 0 saturated carbocycles. The minimum atomic E-state index is -0.453. The third-order valence-electron chi connectivity index (χ3n) is 2.51. The van der Waals surface area contributed by atoms with Crippen LogP contribution >= 0.6 is 0 Å². The minimum absolute atomic E-state index is 0.272. The predicted octanol–water partition coefficient (Wildman–Crippen LogP) is 0.816. The zero-order chi connectivity index (χ0) is 8.11. The summed E-state index contributed by atoms with van der Waals surface area (Å²) < 4.78 is 10.3. The van der Waals surface area contributed by atoms with Crippen LogP contribution in [0.15, 0.2) is 0 Å². The van der Waals surface area contributed by atoms with Gasteiger partial charge in [-0.2, -0.15) is 0 Å². The molecule has 1 atom stereocenters. The van der Waals surface area contributed by atoms with Crippen molar-refractivity contribution in [1.29, 1.82) is 0 Å². The Morgan fingerprint density at radius 3 is 1.82 bits per heavy atom. The Morgan fingerprint density at radius 1 is 1.09 bits per heavy atom. The number of ether oxygens (including phenoxy) is 2. The van der Waals surface area contributed by atoms with Crippen molar-refractivity contribution in [3.63, 3.8) is 0 Å². The summed E-state index contributed by atoms with van der Waals surface area (Å²) in [7, 11) is 0. The van der Waals surface area contributed by atoms with Gasteiger partial charge < -0.3 is 9.47 Å². The highest BCUT2D eigenvalue weighted by Gasteiger charge is 2.62. The molecule has 2 aliphatic rings. The molecule has 4 nitrogen and oxygen atoms in total. The standard InChI is InChI=1S/C7H12O4/c1-6(2)7(3,11-10-6)5-8-4-9-5/h5H,4H2,1-3H3. The maximum absolute atomic E-state index is 5.15. The van der Waals surface area contributed by atoms with Crippen LogP contribution < -0.4 is 0 Å². The Balaban J connectivity index is 2.09. The second-order valence-corrected chi connectivity index (χ2v) is 3.57. The molecule has 4 heteroatoms. The molecule has 2 fully saturated rings. The largest absolute Gasteiger partial charge is 0.323 e. The van der Waals surface area contributed by atoms with E-state index < -0.39 is 5.60 Å². The minimum Gasteiger partial charge on any atom is -0.323 e. The lowest BCUT2D eigenvalue weighted by atomic mass is 9.84. The van der Waals surface area contributed by atoms with Gasteiger partial charge in [0.1, 0.15) is 5.60 Å². The Hall–Kier alpha value is -0.160. The highest BCUT2D eigenvalue weighted by Crippen LogP contribution is 2.45. The van der Waals surface area contributed by atoms with Crippen molar-refractivity contribution in [2.75, 3.05) is 6.79 Å². The van der Waals surface area contributed by atoms with E-state index in [4.69, 9.17) is 19.2 Å². The van der Waals surface area contributed by atoms with E-state index in [2.05, 4.69) is 0 Å². The maximum atomic E-state index is 5.15. The molecular formula is C7H12O4. The Bertz CT molecular complexity index is 175. The lowest BCUT2D eigenvalue weighted by Crippen LogP contribution is -2.71. The molecule has 0 aliphatic carbocycles. The quantitative estimate of drug-likeness (QED) is 0.532. The summed E-state index contributed by atoms with van der Waals surface area (Å²) in [6.45, 7) is 6.17. The monoisotopic (exact) mass is 160 g/mol. The van der Waals surface area contributed by atoms with Gasteiger partial charge in [-0.05, 0) is 20.8 Å². The smallest absolute Gasteiger partial charge is 0.197 e. The summed E-state index contributed by atoms with van der Waals surface area (Å²) in [5, 5.41) is 0. The van der Waals surface area contributed by atoms with E-state index in [0.29, 0.717) is 6.79 Å². The molecule has 64 valence electrons. The molecule has 2 saturated heterocycles. The number of hydrogen-bond donors (Lipinski definition) is 0. The molecular weight excluding hydrogens is 148 g/mol. The molecule has 2 rings (SSSR count). The molecule has 11 heavy (non-hydrogen) atoms. The molecule has 0 radical (unpaired) electrons. The molecule has 0 spiro atoms. The first-order valence-electron chi connectivity index (χ1n) is 3.66. The van der Waals surface area contributed by atoms with E-state index in [9.17, 15) is 0 Å². The van der Waals surface area contributed by atoms with E-state index >= 15 is 0 Å². The second-order valence-electron chi connectivity index (χ2n) is 3.57. The third kappa shape index (κ3) is 0.780. The molecule has 0 amide bonds. The SMILES string of the molecule is CC1(C)OOC1(C)C1OCO1. The normalized spacial score (nSPS) is 42.8. The first kappa shape index (κ1) is 7.49. The number of hydrogen-bond acceptors (Lipinski definition) is 4. The van der Waals surface area contributed by atoms with Crippen LogP contribution in [0.1, 0.15) is 20.8 Å². The molecule has 0 aromatic heterocycles. The van der Waals surface area contributed by atoms with Crippen molar-refractivity contribution in [1.82, 2.24) is 0 Å². The van der Waals surface area contributed by atoms with Gasteiger partial charge in [-0.1, -0.05) is 0 Å². The topological polar surface area (TPSA) is 36.9 Å². The van der Waals surface area contributed by atoms with Gasteiger partial charge in [-0.25, -0.2) is 9.78 Å². The zero-order valence-corrected chi connectivity index (χ0v) is 6.92. The van der Waals surface area contributed by atoms with E-state index in [1.165, 1.54) is 0 Å². The lowest BCUT2D eigenvalue weighted by Gasteiger charge is -2.55. The van der Waals surface area contributed by atoms with Crippen LogP contribution in [-0.2, 0) is 19.2 Å². The molecule has 0 aromatic rings. The Morgan fingerprint density at radius 2 is 1.73 bits per heavy atom. The van der Waals surface area contributed by atoms with Gasteiger partial charge in [-0.3, -0.25) is 0 Å². The molecule has 0 aromatic carbocycles. The van der Waals surface area contributed by atoms with Crippen LogP contribution in [0.2, 0.25) is 0 Å². The summed E-state index contributed by atoms with van der Waals surface area (Å²) >= 11 is 0. The summed E-state index contributed by atoms with van der Waals surface area (Å²) in [5.74, 6) is 0. The summed E-state index contributed by atoms with van der Waals surface area (Å²) in [4.78, 5) is 9.92. The molecule has 0 N–H and O–H groups in total. The molecule has 2 aliphatic heterocycles. The summed E-state index contributed by atoms with van der Waals surface area (Å²) in [6.07, 6.45) is -0.272. The van der Waals surface area contributed by atoms with Crippen molar-refractivity contribution >= 4 is 0 Å². The first-order chi connectivity index (χ1) is 5.06. The van der Waals surface area contributed by atoms with Crippen molar-refractivity contribution in [3.8, 4) is 0 Å². The third-order valence-corrected chi connectivity index (χ3v) is 2.51.